The number of rotatable bonds is 2. The molecule has 6 heteroatoms. The number of aliphatic hydroxyl groups excluding tert-OH is 1. The fourth-order valence-corrected chi connectivity index (χ4v) is 1.77. The number of likely N-dealkylation sites (tertiary alicyclic amines) is 1. The number of hydrogen-bond acceptors (Lipinski definition) is 5. The molecule has 1 aromatic heterocycles. The largest absolute Gasteiger partial charge is 0.468 e. The smallest absolute Gasteiger partial charge is 0.237 e. The highest BCUT2D eigenvalue weighted by Gasteiger charge is 2.34. The number of hydrogen-bond donors (Lipinski definition) is 2. The lowest BCUT2D eigenvalue weighted by atomic mass is 10.2. The zero-order chi connectivity index (χ0) is 12.4. The normalized spacial score (nSPS) is 23.8. The second kappa shape index (κ2) is 4.58. The van der Waals surface area contributed by atoms with Crippen molar-refractivity contribution in [3.8, 4) is 5.88 Å². The molecule has 2 rings (SSSR count). The Balaban J connectivity index is 2.05. The van der Waals surface area contributed by atoms with Gasteiger partial charge >= 0.3 is 0 Å². The first-order valence-corrected chi connectivity index (χ1v) is 5.38. The van der Waals surface area contributed by atoms with Gasteiger partial charge in [-0.15, -0.1) is 0 Å². The minimum absolute atomic E-state index is 0.0795. The molecule has 0 unspecified atom stereocenters. The molecule has 0 aliphatic carbocycles. The summed E-state index contributed by atoms with van der Waals surface area (Å²) in [4.78, 5) is 16.7. The van der Waals surface area contributed by atoms with Gasteiger partial charge in [-0.3, -0.25) is 4.79 Å². The van der Waals surface area contributed by atoms with Crippen LogP contribution in [0, 0.1) is 0 Å². The van der Waals surface area contributed by atoms with Gasteiger partial charge < -0.3 is 20.5 Å². The highest BCUT2D eigenvalue weighted by molar-refractivity contribution is 5.73. The number of nitrogens with zero attached hydrogens (tertiary/aromatic N) is 2. The van der Waals surface area contributed by atoms with Gasteiger partial charge in [0.1, 0.15) is 12.2 Å². The highest BCUT2D eigenvalue weighted by Crippen LogP contribution is 2.21. The van der Waals surface area contributed by atoms with Gasteiger partial charge in [0.05, 0.1) is 18.8 Å². The molecule has 1 amide bonds. The summed E-state index contributed by atoms with van der Waals surface area (Å²) in [6, 6.07) is 3.38. The second-order valence-corrected chi connectivity index (χ2v) is 4.05. The summed E-state index contributed by atoms with van der Waals surface area (Å²) in [6.07, 6.45) is 0.381. The predicted molar refractivity (Wildman–Crippen MR) is 61.3 cm³/mol. The molecular formula is C11H15N3O3. The molecule has 6 nitrogen and oxygen atoms in total. The molecule has 1 aromatic rings. The topological polar surface area (TPSA) is 88.7 Å². The number of carbonyl (C=O) groups excluding carboxylic acids is 1. The van der Waals surface area contributed by atoms with Gasteiger partial charge in [-0.05, 0) is 12.1 Å². The van der Waals surface area contributed by atoms with Crippen LogP contribution in [0.15, 0.2) is 18.3 Å². The van der Waals surface area contributed by atoms with Crippen LogP contribution in [0.4, 0.5) is 5.69 Å². The predicted octanol–water partition coefficient (Wildman–Crippen LogP) is -0.366. The van der Waals surface area contributed by atoms with Crippen molar-refractivity contribution >= 4 is 11.6 Å². The van der Waals surface area contributed by atoms with Crippen LogP contribution >= 0.6 is 0 Å². The van der Waals surface area contributed by atoms with Crippen LogP contribution in [0.2, 0.25) is 0 Å². The Kier molecular flexibility index (Phi) is 3.14. The molecule has 0 spiro atoms. The molecule has 0 aromatic carbocycles. The molecule has 1 saturated heterocycles. The third kappa shape index (κ3) is 2.47. The zero-order valence-corrected chi connectivity index (χ0v) is 9.54. The molecule has 1 aliphatic heterocycles. The van der Waals surface area contributed by atoms with E-state index in [1.807, 2.05) is 0 Å². The maximum atomic E-state index is 11.2. The molecule has 0 bridgehead atoms. The first kappa shape index (κ1) is 11.7. The lowest BCUT2D eigenvalue weighted by molar-refractivity contribution is -0.128. The summed E-state index contributed by atoms with van der Waals surface area (Å²) in [5.41, 5.74) is 6.11. The number of ether oxygens (including phenoxy) is 1. The number of amides is 1. The minimum Gasteiger partial charge on any atom is -0.468 e. The maximum absolute atomic E-state index is 11.2. The number of nitrogen functional groups attached to an aromatic ring is 1. The second-order valence-electron chi connectivity index (χ2n) is 4.05. The van der Waals surface area contributed by atoms with Crippen LogP contribution in [0.3, 0.4) is 0 Å². The molecule has 3 N–H and O–H groups in total. The number of aliphatic hydroxyl groups is 1. The SMILES string of the molecule is CC(=O)N1C[C@@H](O)[C@H](Oc2ncccc2N)C1. The van der Waals surface area contributed by atoms with Gasteiger partial charge in [0.15, 0.2) is 0 Å². The molecular weight excluding hydrogens is 222 g/mol. The molecule has 2 heterocycles. The van der Waals surface area contributed by atoms with Crippen molar-refractivity contribution in [2.45, 2.75) is 19.1 Å². The standard InChI is InChI=1S/C11H15N3O3/c1-7(15)14-5-9(16)10(6-14)17-11-8(12)3-2-4-13-11/h2-4,9-10,16H,5-6,12H2,1H3/t9-,10-/m1/s1. The Morgan fingerprint density at radius 3 is 3.00 bits per heavy atom. The van der Waals surface area contributed by atoms with E-state index >= 15 is 0 Å². The van der Waals surface area contributed by atoms with E-state index in [0.717, 1.165) is 0 Å². The van der Waals surface area contributed by atoms with E-state index in [4.69, 9.17) is 10.5 Å². The van der Waals surface area contributed by atoms with Crippen LogP contribution in [0.25, 0.3) is 0 Å². The van der Waals surface area contributed by atoms with Gasteiger partial charge in [0.25, 0.3) is 0 Å². The third-order valence-corrected chi connectivity index (χ3v) is 2.75. The van der Waals surface area contributed by atoms with E-state index in [1.54, 1.807) is 18.3 Å². The Labute approximate surface area is 99.0 Å². The minimum atomic E-state index is -0.708. The van der Waals surface area contributed by atoms with E-state index in [2.05, 4.69) is 4.98 Å². The molecule has 17 heavy (non-hydrogen) atoms. The van der Waals surface area contributed by atoms with E-state index in [9.17, 15) is 9.90 Å². The lowest BCUT2D eigenvalue weighted by Gasteiger charge is -2.16. The molecule has 0 saturated carbocycles. The Hall–Kier alpha value is -1.82. The summed E-state index contributed by atoms with van der Waals surface area (Å²) < 4.78 is 5.52. The fraction of sp³-hybridized carbons (Fsp3) is 0.455. The Morgan fingerprint density at radius 2 is 2.41 bits per heavy atom. The summed E-state index contributed by atoms with van der Waals surface area (Å²) >= 11 is 0. The van der Waals surface area contributed by atoms with E-state index in [-0.39, 0.29) is 12.5 Å². The summed E-state index contributed by atoms with van der Waals surface area (Å²) in [7, 11) is 0. The quantitative estimate of drug-likeness (QED) is 0.733. The zero-order valence-electron chi connectivity index (χ0n) is 9.54. The highest BCUT2D eigenvalue weighted by atomic mass is 16.5. The van der Waals surface area contributed by atoms with Crippen molar-refractivity contribution in [3.63, 3.8) is 0 Å². The van der Waals surface area contributed by atoms with Gasteiger partial charge in [-0.1, -0.05) is 0 Å². The van der Waals surface area contributed by atoms with Crippen LogP contribution < -0.4 is 10.5 Å². The molecule has 0 radical (unpaired) electrons. The van der Waals surface area contributed by atoms with Gasteiger partial charge in [-0.25, -0.2) is 4.98 Å². The first-order chi connectivity index (χ1) is 8.08. The Bertz CT molecular complexity index is 424. The fourth-order valence-electron chi connectivity index (χ4n) is 1.77. The van der Waals surface area contributed by atoms with Gasteiger partial charge in [0.2, 0.25) is 11.8 Å². The average molecular weight is 237 g/mol. The van der Waals surface area contributed by atoms with E-state index in [0.29, 0.717) is 18.1 Å². The molecule has 1 aliphatic rings. The van der Waals surface area contributed by atoms with Crippen molar-refractivity contribution in [2.75, 3.05) is 18.8 Å². The van der Waals surface area contributed by atoms with Crippen molar-refractivity contribution in [3.05, 3.63) is 18.3 Å². The third-order valence-electron chi connectivity index (χ3n) is 2.75. The van der Waals surface area contributed by atoms with Crippen molar-refractivity contribution in [1.29, 1.82) is 0 Å². The van der Waals surface area contributed by atoms with Crippen molar-refractivity contribution in [1.82, 2.24) is 9.88 Å². The number of pyridine rings is 1. The maximum Gasteiger partial charge on any atom is 0.237 e. The van der Waals surface area contributed by atoms with Crippen LogP contribution in [-0.4, -0.2) is 46.2 Å². The first-order valence-electron chi connectivity index (χ1n) is 5.38. The number of aromatic nitrogens is 1. The lowest BCUT2D eigenvalue weighted by Crippen LogP contribution is -2.31. The monoisotopic (exact) mass is 237 g/mol. The summed E-state index contributed by atoms with van der Waals surface area (Å²) in [5.74, 6) is 0.214. The molecule has 1 fully saturated rings. The summed E-state index contributed by atoms with van der Waals surface area (Å²) in [6.45, 7) is 2.10. The average Bonchev–Trinajstić information content (AvgIpc) is 2.64. The van der Waals surface area contributed by atoms with Crippen LogP contribution in [0.5, 0.6) is 5.88 Å². The Morgan fingerprint density at radius 1 is 1.65 bits per heavy atom. The van der Waals surface area contributed by atoms with E-state index < -0.39 is 12.2 Å². The van der Waals surface area contributed by atoms with Crippen LogP contribution in [-0.2, 0) is 4.79 Å². The molecule has 92 valence electrons. The van der Waals surface area contributed by atoms with Crippen LogP contribution in [0.1, 0.15) is 6.92 Å². The molecule has 2 atom stereocenters. The number of anilines is 1. The number of nitrogens with two attached hydrogens (primary N) is 1. The van der Waals surface area contributed by atoms with Gasteiger partial charge in [0, 0.05) is 13.1 Å². The number of carbonyl (C=O) groups is 1. The number of β-amino-alcohol motifs (C(OH)–C–C–N with tert-alkyl or cyclic N) is 1. The van der Waals surface area contributed by atoms with E-state index in [1.165, 1.54) is 11.8 Å². The van der Waals surface area contributed by atoms with Crippen molar-refractivity contribution < 1.29 is 14.6 Å². The van der Waals surface area contributed by atoms with Gasteiger partial charge in [-0.2, -0.15) is 0 Å². The van der Waals surface area contributed by atoms with Crippen molar-refractivity contribution in [2.24, 2.45) is 0 Å². The summed E-state index contributed by atoms with van der Waals surface area (Å²) in [5, 5.41) is 9.77.